The molecule has 0 bridgehead atoms. The molecule has 1 rings (SSSR count). The summed E-state index contributed by atoms with van der Waals surface area (Å²) in [6.07, 6.45) is 4.19. The minimum atomic E-state index is 0.435. The normalized spacial score (nSPS) is 21.4. The summed E-state index contributed by atoms with van der Waals surface area (Å²) >= 11 is 0. The summed E-state index contributed by atoms with van der Waals surface area (Å²) in [4.78, 5) is 0. The van der Waals surface area contributed by atoms with Gasteiger partial charge in [-0.25, -0.2) is 0 Å². The van der Waals surface area contributed by atoms with Gasteiger partial charge in [0.1, 0.15) is 0 Å². The van der Waals surface area contributed by atoms with E-state index in [1.165, 1.54) is 32.4 Å². The van der Waals surface area contributed by atoms with E-state index in [2.05, 4.69) is 26.1 Å². The summed E-state index contributed by atoms with van der Waals surface area (Å²) in [6.45, 7) is 10.0. The molecule has 84 valence electrons. The highest BCUT2D eigenvalue weighted by atomic mass is 16.5. The number of hydrogen-bond acceptors (Lipinski definition) is 2. The quantitative estimate of drug-likeness (QED) is 0.734. The highest BCUT2D eigenvalue weighted by Gasteiger charge is 2.14. The Morgan fingerprint density at radius 2 is 1.86 bits per heavy atom. The Bertz CT molecular complexity index is 141. The van der Waals surface area contributed by atoms with Crippen molar-refractivity contribution in [3.63, 3.8) is 0 Å². The molecule has 0 aromatic heterocycles. The zero-order chi connectivity index (χ0) is 10.4. The standard InChI is InChI=1S/C12H25NO/c1-10(2)8-11(3)14-9-12-4-6-13-7-5-12/h10-13H,4-9H2,1-3H3. The van der Waals surface area contributed by atoms with Gasteiger partial charge in [-0.1, -0.05) is 13.8 Å². The Kier molecular flexibility index (Phi) is 5.49. The first-order chi connectivity index (χ1) is 6.68. The molecular weight excluding hydrogens is 174 g/mol. The first kappa shape index (κ1) is 12.0. The lowest BCUT2D eigenvalue weighted by atomic mass is 9.99. The van der Waals surface area contributed by atoms with Gasteiger partial charge in [0.2, 0.25) is 0 Å². The summed E-state index contributed by atoms with van der Waals surface area (Å²) < 4.78 is 5.86. The molecule has 0 saturated carbocycles. The van der Waals surface area contributed by atoms with Crippen LogP contribution in [-0.4, -0.2) is 25.8 Å². The lowest BCUT2D eigenvalue weighted by Gasteiger charge is -2.24. The maximum atomic E-state index is 5.86. The summed E-state index contributed by atoms with van der Waals surface area (Å²) in [5.74, 6) is 1.55. The molecule has 0 aliphatic carbocycles. The van der Waals surface area contributed by atoms with Crippen LogP contribution in [0.1, 0.15) is 40.0 Å². The maximum absolute atomic E-state index is 5.86. The van der Waals surface area contributed by atoms with Crippen LogP contribution < -0.4 is 5.32 Å². The van der Waals surface area contributed by atoms with Gasteiger partial charge in [-0.15, -0.1) is 0 Å². The largest absolute Gasteiger partial charge is 0.378 e. The fourth-order valence-electron chi connectivity index (χ4n) is 2.08. The second-order valence-electron chi connectivity index (χ2n) is 4.97. The molecule has 1 heterocycles. The van der Waals surface area contributed by atoms with E-state index < -0.39 is 0 Å². The van der Waals surface area contributed by atoms with Gasteiger partial charge in [-0.05, 0) is 51.1 Å². The maximum Gasteiger partial charge on any atom is 0.0549 e. The fourth-order valence-corrected chi connectivity index (χ4v) is 2.08. The minimum absolute atomic E-state index is 0.435. The topological polar surface area (TPSA) is 21.3 Å². The summed E-state index contributed by atoms with van der Waals surface area (Å²) in [5.41, 5.74) is 0. The molecule has 14 heavy (non-hydrogen) atoms. The predicted molar refractivity (Wildman–Crippen MR) is 60.5 cm³/mol. The molecule has 1 N–H and O–H groups in total. The highest BCUT2D eigenvalue weighted by Crippen LogP contribution is 2.14. The monoisotopic (exact) mass is 199 g/mol. The number of rotatable bonds is 5. The van der Waals surface area contributed by atoms with E-state index >= 15 is 0 Å². The summed E-state index contributed by atoms with van der Waals surface area (Å²) in [6, 6.07) is 0. The van der Waals surface area contributed by atoms with Crippen LogP contribution in [0.25, 0.3) is 0 Å². The van der Waals surface area contributed by atoms with Crippen molar-refractivity contribution in [1.82, 2.24) is 5.32 Å². The third-order valence-electron chi connectivity index (χ3n) is 2.88. The molecule has 0 aromatic rings. The van der Waals surface area contributed by atoms with Gasteiger partial charge < -0.3 is 10.1 Å². The highest BCUT2D eigenvalue weighted by molar-refractivity contribution is 4.68. The molecule has 0 amide bonds. The molecule has 1 fully saturated rings. The van der Waals surface area contributed by atoms with Crippen LogP contribution in [0.3, 0.4) is 0 Å². The Hall–Kier alpha value is -0.0800. The van der Waals surface area contributed by atoms with Crippen molar-refractivity contribution in [2.75, 3.05) is 19.7 Å². The second kappa shape index (κ2) is 6.41. The lowest BCUT2D eigenvalue weighted by Crippen LogP contribution is -2.30. The molecule has 2 heteroatoms. The fraction of sp³-hybridized carbons (Fsp3) is 1.00. The van der Waals surface area contributed by atoms with E-state index in [4.69, 9.17) is 4.74 Å². The van der Waals surface area contributed by atoms with E-state index in [1.54, 1.807) is 0 Å². The molecule has 2 nitrogen and oxygen atoms in total. The van der Waals surface area contributed by atoms with E-state index in [1.807, 2.05) is 0 Å². The van der Waals surface area contributed by atoms with Gasteiger partial charge >= 0.3 is 0 Å². The molecule has 0 aromatic carbocycles. The zero-order valence-electron chi connectivity index (χ0n) is 9.88. The number of nitrogens with one attached hydrogen (secondary N) is 1. The minimum Gasteiger partial charge on any atom is -0.378 e. The SMILES string of the molecule is CC(C)CC(C)OCC1CCNCC1. The third kappa shape index (κ3) is 4.97. The molecule has 1 aliphatic heterocycles. The van der Waals surface area contributed by atoms with Crippen molar-refractivity contribution in [3.8, 4) is 0 Å². The van der Waals surface area contributed by atoms with Gasteiger partial charge in [-0.3, -0.25) is 0 Å². The third-order valence-corrected chi connectivity index (χ3v) is 2.88. The average Bonchev–Trinajstić information content (AvgIpc) is 2.15. The number of hydrogen-bond donors (Lipinski definition) is 1. The Morgan fingerprint density at radius 1 is 1.21 bits per heavy atom. The van der Waals surface area contributed by atoms with Crippen molar-refractivity contribution >= 4 is 0 Å². The lowest BCUT2D eigenvalue weighted by molar-refractivity contribution is 0.0219. The van der Waals surface area contributed by atoms with Crippen molar-refractivity contribution < 1.29 is 4.74 Å². The van der Waals surface area contributed by atoms with E-state index in [0.29, 0.717) is 6.10 Å². The van der Waals surface area contributed by atoms with Crippen molar-refractivity contribution in [3.05, 3.63) is 0 Å². The average molecular weight is 199 g/mol. The zero-order valence-corrected chi connectivity index (χ0v) is 9.88. The van der Waals surface area contributed by atoms with Crippen LogP contribution in [0.2, 0.25) is 0 Å². The van der Waals surface area contributed by atoms with Crippen molar-refractivity contribution in [1.29, 1.82) is 0 Å². The van der Waals surface area contributed by atoms with Crippen LogP contribution in [0.4, 0.5) is 0 Å². The molecule has 0 spiro atoms. The molecule has 1 atom stereocenters. The molecule has 1 aliphatic rings. The summed E-state index contributed by atoms with van der Waals surface area (Å²) in [5, 5.41) is 3.38. The Morgan fingerprint density at radius 3 is 2.43 bits per heavy atom. The molecule has 0 radical (unpaired) electrons. The van der Waals surface area contributed by atoms with E-state index in [0.717, 1.165) is 18.4 Å². The van der Waals surface area contributed by atoms with Gasteiger partial charge in [0.15, 0.2) is 0 Å². The number of piperidine rings is 1. The van der Waals surface area contributed by atoms with Crippen molar-refractivity contribution in [2.45, 2.75) is 46.1 Å². The molecule has 1 saturated heterocycles. The van der Waals surface area contributed by atoms with Crippen LogP contribution in [0, 0.1) is 11.8 Å². The van der Waals surface area contributed by atoms with Crippen LogP contribution in [-0.2, 0) is 4.74 Å². The van der Waals surface area contributed by atoms with Gasteiger partial charge in [0.25, 0.3) is 0 Å². The first-order valence-corrected chi connectivity index (χ1v) is 6.00. The van der Waals surface area contributed by atoms with Crippen molar-refractivity contribution in [2.24, 2.45) is 11.8 Å². The Labute approximate surface area is 88.4 Å². The molecule has 1 unspecified atom stereocenters. The summed E-state index contributed by atoms with van der Waals surface area (Å²) in [7, 11) is 0. The van der Waals surface area contributed by atoms with Crippen LogP contribution in [0.5, 0.6) is 0 Å². The smallest absolute Gasteiger partial charge is 0.0549 e. The van der Waals surface area contributed by atoms with Gasteiger partial charge in [0, 0.05) is 6.61 Å². The van der Waals surface area contributed by atoms with E-state index in [9.17, 15) is 0 Å². The number of ether oxygens (including phenoxy) is 1. The van der Waals surface area contributed by atoms with Gasteiger partial charge in [-0.2, -0.15) is 0 Å². The van der Waals surface area contributed by atoms with Gasteiger partial charge in [0.05, 0.1) is 6.10 Å². The van der Waals surface area contributed by atoms with E-state index in [-0.39, 0.29) is 0 Å². The van der Waals surface area contributed by atoms with Crippen LogP contribution in [0.15, 0.2) is 0 Å². The van der Waals surface area contributed by atoms with Crippen LogP contribution >= 0.6 is 0 Å². The first-order valence-electron chi connectivity index (χ1n) is 6.00. The predicted octanol–water partition coefficient (Wildman–Crippen LogP) is 2.44. The molecular formula is C12H25NO. The Balaban J connectivity index is 2.06. The second-order valence-corrected chi connectivity index (χ2v) is 4.97.